The Bertz CT molecular complexity index is 496. The quantitative estimate of drug-likeness (QED) is 0.700. The van der Waals surface area contributed by atoms with Gasteiger partial charge in [-0.25, -0.2) is 0 Å². The summed E-state index contributed by atoms with van der Waals surface area (Å²) < 4.78 is 2.21. The van der Waals surface area contributed by atoms with E-state index in [-0.39, 0.29) is 0 Å². The molecular formula is C13H15NO. The molecular weight excluding hydrogens is 186 g/mol. The average molecular weight is 201 g/mol. The average Bonchev–Trinajstić information content (AvgIpc) is 2.58. The standard InChI is InChI=1S/C13H15NO/c1-3-14-11(7-8-15)9-12-10(2)5-4-6-13(12)14/h4-6,8-9H,3,7H2,1-2H3. The van der Waals surface area contributed by atoms with Gasteiger partial charge in [-0.3, -0.25) is 0 Å². The van der Waals surface area contributed by atoms with Crippen molar-refractivity contribution in [2.24, 2.45) is 0 Å². The molecule has 0 fully saturated rings. The summed E-state index contributed by atoms with van der Waals surface area (Å²) in [5.74, 6) is 0. The summed E-state index contributed by atoms with van der Waals surface area (Å²) in [7, 11) is 0. The van der Waals surface area contributed by atoms with Gasteiger partial charge in [0.1, 0.15) is 6.29 Å². The van der Waals surface area contributed by atoms with Crippen molar-refractivity contribution < 1.29 is 4.79 Å². The van der Waals surface area contributed by atoms with E-state index in [1.165, 1.54) is 16.5 Å². The van der Waals surface area contributed by atoms with Crippen molar-refractivity contribution in [3.8, 4) is 0 Å². The van der Waals surface area contributed by atoms with Gasteiger partial charge in [-0.1, -0.05) is 12.1 Å². The number of carbonyl (C=O) groups is 1. The van der Waals surface area contributed by atoms with E-state index in [1.54, 1.807) is 0 Å². The van der Waals surface area contributed by atoms with Crippen LogP contribution in [0.25, 0.3) is 10.9 Å². The molecule has 0 N–H and O–H groups in total. The monoisotopic (exact) mass is 201 g/mol. The van der Waals surface area contributed by atoms with Crippen LogP contribution in [-0.2, 0) is 17.8 Å². The molecule has 0 spiro atoms. The molecule has 2 aromatic rings. The van der Waals surface area contributed by atoms with Gasteiger partial charge in [0.2, 0.25) is 0 Å². The molecule has 2 rings (SSSR count). The smallest absolute Gasteiger partial charge is 0.125 e. The minimum absolute atomic E-state index is 0.502. The van der Waals surface area contributed by atoms with Crippen molar-refractivity contribution in [2.75, 3.05) is 0 Å². The number of fused-ring (bicyclic) bond motifs is 1. The molecule has 2 nitrogen and oxygen atoms in total. The zero-order valence-corrected chi connectivity index (χ0v) is 9.16. The highest BCUT2D eigenvalue weighted by Crippen LogP contribution is 2.23. The molecule has 1 aromatic carbocycles. The molecule has 1 aromatic heterocycles. The van der Waals surface area contributed by atoms with Gasteiger partial charge in [-0.15, -0.1) is 0 Å². The Kier molecular flexibility index (Phi) is 2.58. The molecule has 0 unspecified atom stereocenters. The Morgan fingerprint density at radius 2 is 2.20 bits per heavy atom. The van der Waals surface area contributed by atoms with E-state index >= 15 is 0 Å². The lowest BCUT2D eigenvalue weighted by molar-refractivity contribution is -0.107. The Hall–Kier alpha value is -1.57. The van der Waals surface area contributed by atoms with Crippen LogP contribution in [0.4, 0.5) is 0 Å². The molecule has 0 saturated heterocycles. The number of benzene rings is 1. The fourth-order valence-electron chi connectivity index (χ4n) is 2.12. The van der Waals surface area contributed by atoms with Crippen LogP contribution in [0.15, 0.2) is 24.3 Å². The van der Waals surface area contributed by atoms with E-state index in [0.717, 1.165) is 18.5 Å². The van der Waals surface area contributed by atoms with E-state index in [1.807, 2.05) is 0 Å². The van der Waals surface area contributed by atoms with Gasteiger partial charge in [-0.2, -0.15) is 0 Å². The third-order valence-corrected chi connectivity index (χ3v) is 2.86. The van der Waals surface area contributed by atoms with Crippen molar-refractivity contribution in [1.82, 2.24) is 4.57 Å². The molecule has 0 aliphatic carbocycles. The number of aldehydes is 1. The highest BCUT2D eigenvalue weighted by molar-refractivity contribution is 5.85. The van der Waals surface area contributed by atoms with Gasteiger partial charge in [0.15, 0.2) is 0 Å². The SMILES string of the molecule is CCn1c(CC=O)cc2c(C)cccc21. The Morgan fingerprint density at radius 1 is 1.40 bits per heavy atom. The van der Waals surface area contributed by atoms with Gasteiger partial charge in [-0.05, 0) is 31.5 Å². The summed E-state index contributed by atoms with van der Waals surface area (Å²) in [5.41, 5.74) is 3.61. The zero-order chi connectivity index (χ0) is 10.8. The zero-order valence-electron chi connectivity index (χ0n) is 9.16. The molecule has 0 aliphatic rings. The number of hydrogen-bond donors (Lipinski definition) is 0. The Balaban J connectivity index is 2.72. The summed E-state index contributed by atoms with van der Waals surface area (Å²) in [6, 6.07) is 8.41. The molecule has 0 saturated carbocycles. The topological polar surface area (TPSA) is 22.0 Å². The third kappa shape index (κ3) is 1.56. The summed E-state index contributed by atoms with van der Waals surface area (Å²) in [4.78, 5) is 10.6. The molecule has 0 atom stereocenters. The van der Waals surface area contributed by atoms with Crippen LogP contribution < -0.4 is 0 Å². The van der Waals surface area contributed by atoms with Gasteiger partial charge in [0, 0.05) is 29.6 Å². The Labute approximate surface area is 89.5 Å². The number of aryl methyl sites for hydroxylation is 2. The summed E-state index contributed by atoms with van der Waals surface area (Å²) in [6.45, 7) is 5.12. The van der Waals surface area contributed by atoms with Crippen molar-refractivity contribution >= 4 is 17.2 Å². The first-order valence-corrected chi connectivity index (χ1v) is 5.29. The van der Waals surface area contributed by atoms with Crippen LogP contribution in [0.3, 0.4) is 0 Å². The van der Waals surface area contributed by atoms with Gasteiger partial charge in [0.25, 0.3) is 0 Å². The molecule has 2 heteroatoms. The first kappa shape index (κ1) is 9.97. The lowest BCUT2D eigenvalue weighted by Crippen LogP contribution is -2.00. The van der Waals surface area contributed by atoms with Crippen LogP contribution in [0.1, 0.15) is 18.2 Å². The van der Waals surface area contributed by atoms with Crippen molar-refractivity contribution in [2.45, 2.75) is 26.8 Å². The predicted octanol–water partition coefficient (Wildman–Crippen LogP) is 2.71. The highest BCUT2D eigenvalue weighted by Gasteiger charge is 2.07. The van der Waals surface area contributed by atoms with Crippen LogP contribution in [0.5, 0.6) is 0 Å². The predicted molar refractivity (Wildman–Crippen MR) is 62.1 cm³/mol. The molecule has 0 bridgehead atoms. The maximum absolute atomic E-state index is 10.6. The fraction of sp³-hybridized carbons (Fsp3) is 0.308. The molecule has 0 amide bonds. The lowest BCUT2D eigenvalue weighted by Gasteiger charge is -2.05. The number of aromatic nitrogens is 1. The largest absolute Gasteiger partial charge is 0.344 e. The molecule has 0 aliphatic heterocycles. The molecule has 15 heavy (non-hydrogen) atoms. The van der Waals surface area contributed by atoms with E-state index in [2.05, 4.69) is 42.7 Å². The maximum Gasteiger partial charge on any atom is 0.125 e. The fourth-order valence-corrected chi connectivity index (χ4v) is 2.12. The van der Waals surface area contributed by atoms with Gasteiger partial charge >= 0.3 is 0 Å². The van der Waals surface area contributed by atoms with E-state index in [0.29, 0.717) is 6.42 Å². The van der Waals surface area contributed by atoms with Gasteiger partial charge in [0.05, 0.1) is 0 Å². The van der Waals surface area contributed by atoms with Crippen LogP contribution in [0.2, 0.25) is 0 Å². The second kappa shape index (κ2) is 3.89. The second-order valence-corrected chi connectivity index (χ2v) is 3.76. The van der Waals surface area contributed by atoms with Crippen molar-refractivity contribution in [3.63, 3.8) is 0 Å². The Morgan fingerprint density at radius 3 is 2.87 bits per heavy atom. The normalized spacial score (nSPS) is 10.8. The highest BCUT2D eigenvalue weighted by atomic mass is 16.1. The van der Waals surface area contributed by atoms with Crippen molar-refractivity contribution in [1.29, 1.82) is 0 Å². The minimum Gasteiger partial charge on any atom is -0.344 e. The second-order valence-electron chi connectivity index (χ2n) is 3.76. The van der Waals surface area contributed by atoms with Crippen molar-refractivity contribution in [3.05, 3.63) is 35.5 Å². The summed E-state index contributed by atoms with van der Waals surface area (Å²) in [6.07, 6.45) is 1.47. The first-order chi connectivity index (χ1) is 7.27. The van der Waals surface area contributed by atoms with E-state index in [4.69, 9.17) is 0 Å². The first-order valence-electron chi connectivity index (χ1n) is 5.29. The van der Waals surface area contributed by atoms with Crippen LogP contribution in [-0.4, -0.2) is 10.9 Å². The van der Waals surface area contributed by atoms with Crippen LogP contribution in [0, 0.1) is 6.92 Å². The lowest BCUT2D eigenvalue weighted by atomic mass is 10.1. The summed E-state index contributed by atoms with van der Waals surface area (Å²) >= 11 is 0. The molecule has 1 heterocycles. The van der Waals surface area contributed by atoms with E-state index < -0.39 is 0 Å². The number of nitrogens with zero attached hydrogens (tertiary/aromatic N) is 1. The number of rotatable bonds is 3. The number of hydrogen-bond acceptors (Lipinski definition) is 1. The third-order valence-electron chi connectivity index (χ3n) is 2.86. The minimum atomic E-state index is 0.502. The molecule has 0 radical (unpaired) electrons. The maximum atomic E-state index is 10.6. The van der Waals surface area contributed by atoms with Crippen LogP contribution >= 0.6 is 0 Å². The summed E-state index contributed by atoms with van der Waals surface area (Å²) in [5, 5.41) is 1.26. The van der Waals surface area contributed by atoms with Gasteiger partial charge < -0.3 is 9.36 Å². The molecule has 78 valence electrons. The van der Waals surface area contributed by atoms with E-state index in [9.17, 15) is 4.79 Å². The number of carbonyl (C=O) groups excluding carboxylic acids is 1.